The number of nitrogens with one attached hydrogen (secondary N) is 3. The van der Waals surface area contributed by atoms with E-state index in [0.717, 1.165) is 17.0 Å². The molecule has 0 atom stereocenters. The molecule has 0 aliphatic carbocycles. The Hall–Kier alpha value is -3.52. The Kier molecular flexibility index (Phi) is 8.87. The fraction of sp³-hybridized carbons (Fsp3) is 0.211. The van der Waals surface area contributed by atoms with Crippen molar-refractivity contribution in [1.82, 2.24) is 20.8 Å². The van der Waals surface area contributed by atoms with Crippen LogP contribution < -0.4 is 16.2 Å². The molecule has 33 heavy (non-hydrogen) atoms. The predicted molar refractivity (Wildman–Crippen MR) is 117 cm³/mol. The molecule has 3 aromatic rings. The Balaban J connectivity index is 0.000000479. The summed E-state index contributed by atoms with van der Waals surface area (Å²) in [6, 6.07) is 8.07. The lowest BCUT2D eigenvalue weighted by Gasteiger charge is -2.03. The lowest BCUT2D eigenvalue weighted by atomic mass is 10.1. The number of rotatable bonds is 5. The van der Waals surface area contributed by atoms with E-state index in [1.807, 2.05) is 24.3 Å². The highest BCUT2D eigenvalue weighted by molar-refractivity contribution is 7.14. The number of amides is 2. The number of aliphatic carboxylic acids is 1. The second-order valence-corrected chi connectivity index (χ2v) is 7.80. The average molecular weight is 502 g/mol. The van der Waals surface area contributed by atoms with Gasteiger partial charge in [-0.25, -0.2) is 14.8 Å². The molecule has 0 spiro atoms. The minimum Gasteiger partial charge on any atom is -0.475 e. The van der Waals surface area contributed by atoms with Gasteiger partial charge < -0.3 is 10.4 Å². The minimum absolute atomic E-state index is 0.231. The molecule has 2 heterocycles. The molecule has 3 rings (SSSR count). The molecule has 2 amide bonds. The highest BCUT2D eigenvalue weighted by Crippen LogP contribution is 2.24. The van der Waals surface area contributed by atoms with Gasteiger partial charge in [0.05, 0.1) is 0 Å². The van der Waals surface area contributed by atoms with Crippen molar-refractivity contribution in [1.29, 1.82) is 0 Å². The third kappa shape index (κ3) is 7.54. The molecular weight excluding hydrogens is 483 g/mol. The molecule has 0 radical (unpaired) electrons. The lowest BCUT2D eigenvalue weighted by Crippen LogP contribution is -2.41. The summed E-state index contributed by atoms with van der Waals surface area (Å²) in [6.45, 7) is 2.10. The molecule has 4 N–H and O–H groups in total. The number of hydrazine groups is 1. The SMILES string of the molecule is CCc1ccc(-c2nc(C(=O)NNC(=O)c3csc(NC)n3)cs2)cc1.O=C(O)C(F)(F)F. The first-order valence-electron chi connectivity index (χ1n) is 9.14. The largest absolute Gasteiger partial charge is 0.490 e. The zero-order valence-corrected chi connectivity index (χ0v) is 18.8. The topological polar surface area (TPSA) is 133 Å². The molecule has 2 aromatic heterocycles. The maximum Gasteiger partial charge on any atom is 0.490 e. The van der Waals surface area contributed by atoms with Crippen molar-refractivity contribution in [2.45, 2.75) is 19.5 Å². The van der Waals surface area contributed by atoms with Gasteiger partial charge in [0.2, 0.25) is 0 Å². The number of anilines is 1. The number of aromatic nitrogens is 2. The number of hydrogen-bond acceptors (Lipinski definition) is 8. The number of carbonyl (C=O) groups is 3. The maximum atomic E-state index is 12.2. The molecule has 0 saturated carbocycles. The number of carbonyl (C=O) groups excluding carboxylic acids is 2. The second kappa shape index (κ2) is 11.4. The van der Waals surface area contributed by atoms with Crippen molar-refractivity contribution in [3.63, 3.8) is 0 Å². The van der Waals surface area contributed by atoms with Crippen LogP contribution in [-0.4, -0.2) is 46.1 Å². The van der Waals surface area contributed by atoms with Crippen LogP contribution in [0.2, 0.25) is 0 Å². The maximum absolute atomic E-state index is 12.2. The van der Waals surface area contributed by atoms with E-state index in [1.165, 1.54) is 28.2 Å². The van der Waals surface area contributed by atoms with Crippen LogP contribution >= 0.6 is 22.7 Å². The molecule has 0 aliphatic rings. The Morgan fingerprint density at radius 3 is 1.94 bits per heavy atom. The number of halogens is 3. The van der Waals surface area contributed by atoms with Crippen LogP contribution in [-0.2, 0) is 11.2 Å². The smallest absolute Gasteiger partial charge is 0.475 e. The Morgan fingerprint density at radius 2 is 1.48 bits per heavy atom. The molecule has 0 unspecified atom stereocenters. The van der Waals surface area contributed by atoms with Gasteiger partial charge >= 0.3 is 12.1 Å². The summed E-state index contributed by atoms with van der Waals surface area (Å²) in [5.74, 6) is -3.72. The van der Waals surface area contributed by atoms with Crippen molar-refractivity contribution in [2.75, 3.05) is 12.4 Å². The van der Waals surface area contributed by atoms with E-state index in [0.29, 0.717) is 5.13 Å². The number of nitrogens with zero attached hydrogens (tertiary/aromatic N) is 2. The number of carboxylic acids is 1. The van der Waals surface area contributed by atoms with E-state index in [1.54, 1.807) is 17.8 Å². The van der Waals surface area contributed by atoms with E-state index in [2.05, 4.69) is 33.1 Å². The molecule has 1 aromatic carbocycles. The summed E-state index contributed by atoms with van der Waals surface area (Å²) < 4.78 is 31.7. The molecule has 9 nitrogen and oxygen atoms in total. The second-order valence-electron chi connectivity index (χ2n) is 6.09. The van der Waals surface area contributed by atoms with Crippen LogP contribution in [0.25, 0.3) is 10.6 Å². The van der Waals surface area contributed by atoms with Gasteiger partial charge in [-0.05, 0) is 12.0 Å². The highest BCUT2D eigenvalue weighted by atomic mass is 32.1. The van der Waals surface area contributed by atoms with Crippen LogP contribution in [0.1, 0.15) is 33.5 Å². The first-order valence-corrected chi connectivity index (χ1v) is 10.9. The Labute approximate surface area is 193 Å². The first kappa shape index (κ1) is 25.7. The van der Waals surface area contributed by atoms with Gasteiger partial charge in [0.1, 0.15) is 16.4 Å². The van der Waals surface area contributed by atoms with E-state index >= 15 is 0 Å². The molecule has 0 bridgehead atoms. The van der Waals surface area contributed by atoms with E-state index < -0.39 is 24.0 Å². The zero-order valence-electron chi connectivity index (χ0n) is 17.2. The fourth-order valence-electron chi connectivity index (χ4n) is 2.13. The number of hydrogen-bond donors (Lipinski definition) is 4. The van der Waals surface area contributed by atoms with Crippen molar-refractivity contribution in [3.8, 4) is 10.6 Å². The molecule has 176 valence electrons. The lowest BCUT2D eigenvalue weighted by molar-refractivity contribution is -0.192. The van der Waals surface area contributed by atoms with E-state index in [-0.39, 0.29) is 11.4 Å². The summed E-state index contributed by atoms with van der Waals surface area (Å²) >= 11 is 2.68. The third-order valence-corrected chi connectivity index (χ3v) is 5.58. The average Bonchev–Trinajstić information content (AvgIpc) is 3.47. The van der Waals surface area contributed by atoms with Gasteiger partial charge in [0.25, 0.3) is 11.8 Å². The van der Waals surface area contributed by atoms with Crippen molar-refractivity contribution < 1.29 is 32.7 Å². The van der Waals surface area contributed by atoms with E-state index in [4.69, 9.17) is 9.90 Å². The first-order chi connectivity index (χ1) is 15.5. The summed E-state index contributed by atoms with van der Waals surface area (Å²) in [5, 5.41) is 14.6. The summed E-state index contributed by atoms with van der Waals surface area (Å²) in [6.07, 6.45) is -4.11. The number of thiazole rings is 2. The fourth-order valence-corrected chi connectivity index (χ4v) is 3.59. The molecule has 0 saturated heterocycles. The van der Waals surface area contributed by atoms with Gasteiger partial charge in [-0.1, -0.05) is 31.2 Å². The van der Waals surface area contributed by atoms with Gasteiger partial charge in [-0.3, -0.25) is 20.4 Å². The van der Waals surface area contributed by atoms with Crippen LogP contribution in [0.5, 0.6) is 0 Å². The van der Waals surface area contributed by atoms with Crippen LogP contribution in [0, 0.1) is 0 Å². The summed E-state index contributed by atoms with van der Waals surface area (Å²) in [4.78, 5) is 41.4. The summed E-state index contributed by atoms with van der Waals surface area (Å²) in [5.41, 5.74) is 7.38. The van der Waals surface area contributed by atoms with Crippen molar-refractivity contribution in [2.24, 2.45) is 0 Å². The molecule has 0 fully saturated rings. The van der Waals surface area contributed by atoms with Crippen molar-refractivity contribution in [3.05, 3.63) is 52.0 Å². The summed E-state index contributed by atoms with van der Waals surface area (Å²) in [7, 11) is 1.72. The standard InChI is InChI=1S/C17H17N5O2S2.C2HF3O2/c1-3-10-4-6-11(7-5-10)16-19-12(8-25-16)14(23)21-22-15(24)13-9-26-17(18-2)20-13;3-2(4,5)1(6)7/h4-9H,3H2,1-2H3,(H,18,20)(H,21,23)(H,22,24);(H,6,7). The zero-order chi connectivity index (χ0) is 24.6. The number of aryl methyl sites for hydroxylation is 1. The van der Waals surface area contributed by atoms with Crippen LogP contribution in [0.3, 0.4) is 0 Å². The normalized spacial score (nSPS) is 10.6. The number of benzene rings is 1. The van der Waals surface area contributed by atoms with Gasteiger partial charge in [0.15, 0.2) is 5.13 Å². The number of alkyl halides is 3. The molecule has 14 heteroatoms. The van der Waals surface area contributed by atoms with Gasteiger partial charge in [-0.15, -0.1) is 22.7 Å². The molecule has 0 aliphatic heterocycles. The van der Waals surface area contributed by atoms with Gasteiger partial charge in [0, 0.05) is 23.4 Å². The quantitative estimate of drug-likeness (QED) is 0.393. The predicted octanol–water partition coefficient (Wildman–Crippen LogP) is 3.58. The third-order valence-electron chi connectivity index (χ3n) is 3.83. The van der Waals surface area contributed by atoms with Crippen LogP contribution in [0.4, 0.5) is 18.3 Å². The van der Waals surface area contributed by atoms with Crippen LogP contribution in [0.15, 0.2) is 35.0 Å². The van der Waals surface area contributed by atoms with E-state index in [9.17, 15) is 22.8 Å². The Morgan fingerprint density at radius 1 is 0.970 bits per heavy atom. The minimum atomic E-state index is -5.08. The van der Waals surface area contributed by atoms with Crippen molar-refractivity contribution >= 4 is 45.6 Å². The Bertz CT molecular complexity index is 1110. The van der Waals surface area contributed by atoms with Gasteiger partial charge in [-0.2, -0.15) is 13.2 Å². The highest BCUT2D eigenvalue weighted by Gasteiger charge is 2.38. The monoisotopic (exact) mass is 501 g/mol. The molecular formula is C19H18F3N5O4S2. The number of carboxylic acid groups (broad SMARTS) is 1.